The number of Topliss-reactive ketones (excluding diaryl/α,β-unsaturated/α-hetero) is 1. The van der Waals surface area contributed by atoms with Gasteiger partial charge < -0.3 is 19.9 Å². The van der Waals surface area contributed by atoms with Crippen molar-refractivity contribution in [1.29, 1.82) is 0 Å². The van der Waals surface area contributed by atoms with Crippen molar-refractivity contribution in [2.75, 3.05) is 19.5 Å². The minimum absolute atomic E-state index is 0.0516. The van der Waals surface area contributed by atoms with E-state index in [1.807, 2.05) is 0 Å². The molecular formula is C19H18ClNO6. The highest BCUT2D eigenvalue weighted by atomic mass is 35.5. The molecule has 27 heavy (non-hydrogen) atoms. The van der Waals surface area contributed by atoms with Crippen molar-refractivity contribution >= 4 is 34.9 Å². The normalized spacial score (nSPS) is 10.2. The lowest BCUT2D eigenvalue weighted by atomic mass is 10.1. The highest BCUT2D eigenvalue weighted by molar-refractivity contribution is 6.31. The Morgan fingerprint density at radius 2 is 1.81 bits per heavy atom. The first-order chi connectivity index (χ1) is 12.9. The van der Waals surface area contributed by atoms with Crippen molar-refractivity contribution in [2.45, 2.75) is 12.8 Å². The predicted octanol–water partition coefficient (Wildman–Crippen LogP) is 3.44. The monoisotopic (exact) mass is 391 g/mol. The zero-order valence-corrected chi connectivity index (χ0v) is 15.5. The number of hydrogen-bond donors (Lipinski definition) is 2. The number of rotatable bonds is 7. The number of carbonyl (C=O) groups excluding carboxylic acids is 3. The van der Waals surface area contributed by atoms with Gasteiger partial charge in [-0.25, -0.2) is 4.79 Å². The van der Waals surface area contributed by atoms with Crippen LogP contribution in [0.1, 0.15) is 33.6 Å². The maximum Gasteiger partial charge on any atom is 0.341 e. The number of phenolic OH excluding ortho intramolecular Hbond substituents is 1. The molecule has 0 unspecified atom stereocenters. The second-order valence-corrected chi connectivity index (χ2v) is 5.95. The SMILES string of the molecule is COC(=O)c1cccc(NC(=O)CCC(=O)c2cc(Cl)ccc2OC)c1O. The molecular weight excluding hydrogens is 374 g/mol. The van der Waals surface area contributed by atoms with E-state index in [0.717, 1.165) is 0 Å². The molecule has 0 aliphatic heterocycles. The number of ketones is 1. The molecule has 0 heterocycles. The molecule has 7 nitrogen and oxygen atoms in total. The van der Waals surface area contributed by atoms with Crippen molar-refractivity contribution in [2.24, 2.45) is 0 Å². The Labute approximate surface area is 160 Å². The molecule has 2 rings (SSSR count). The number of nitrogens with one attached hydrogen (secondary N) is 1. The smallest absolute Gasteiger partial charge is 0.341 e. The molecule has 0 spiro atoms. The molecule has 8 heteroatoms. The lowest BCUT2D eigenvalue weighted by Crippen LogP contribution is -2.14. The second kappa shape index (κ2) is 9.05. The van der Waals surface area contributed by atoms with E-state index in [2.05, 4.69) is 10.1 Å². The fourth-order valence-corrected chi connectivity index (χ4v) is 2.56. The number of methoxy groups -OCH3 is 2. The number of esters is 1. The number of aromatic hydroxyl groups is 1. The van der Waals surface area contributed by atoms with Gasteiger partial charge in [-0.05, 0) is 30.3 Å². The summed E-state index contributed by atoms with van der Waals surface area (Å²) < 4.78 is 9.69. The van der Waals surface area contributed by atoms with Crippen LogP contribution < -0.4 is 10.1 Å². The molecule has 0 atom stereocenters. The molecule has 0 bridgehead atoms. The Bertz CT molecular complexity index is 880. The summed E-state index contributed by atoms with van der Waals surface area (Å²) in [7, 11) is 2.62. The Kier molecular flexibility index (Phi) is 6.79. The Morgan fingerprint density at radius 1 is 1.07 bits per heavy atom. The van der Waals surface area contributed by atoms with Crippen LogP contribution in [0.3, 0.4) is 0 Å². The summed E-state index contributed by atoms with van der Waals surface area (Å²) in [6, 6.07) is 8.94. The summed E-state index contributed by atoms with van der Waals surface area (Å²) in [4.78, 5) is 36.0. The van der Waals surface area contributed by atoms with Crippen LogP contribution in [-0.2, 0) is 9.53 Å². The first-order valence-corrected chi connectivity index (χ1v) is 8.32. The number of carbonyl (C=O) groups is 3. The third-order valence-electron chi connectivity index (χ3n) is 3.76. The molecule has 0 aromatic heterocycles. The first kappa shape index (κ1) is 20.3. The Hall–Kier alpha value is -3.06. The van der Waals surface area contributed by atoms with Crippen molar-refractivity contribution in [3.63, 3.8) is 0 Å². The molecule has 0 fully saturated rings. The van der Waals surface area contributed by atoms with E-state index in [-0.39, 0.29) is 35.4 Å². The summed E-state index contributed by atoms with van der Waals surface area (Å²) in [5.41, 5.74) is 0.263. The molecule has 2 aromatic rings. The number of halogens is 1. The molecule has 0 radical (unpaired) electrons. The van der Waals surface area contributed by atoms with Gasteiger partial charge >= 0.3 is 5.97 Å². The molecule has 2 N–H and O–H groups in total. The van der Waals surface area contributed by atoms with E-state index in [0.29, 0.717) is 10.8 Å². The molecule has 0 aliphatic carbocycles. The van der Waals surface area contributed by atoms with Crippen molar-refractivity contribution in [3.05, 3.63) is 52.5 Å². The molecule has 2 aromatic carbocycles. The summed E-state index contributed by atoms with van der Waals surface area (Å²) in [5.74, 6) is -1.57. The highest BCUT2D eigenvalue weighted by Crippen LogP contribution is 2.28. The van der Waals surface area contributed by atoms with E-state index >= 15 is 0 Å². The summed E-state index contributed by atoms with van der Waals surface area (Å²) in [6.07, 6.45) is -0.212. The number of phenols is 1. The van der Waals surface area contributed by atoms with Crippen LogP contribution >= 0.6 is 11.6 Å². The first-order valence-electron chi connectivity index (χ1n) is 7.94. The average molecular weight is 392 g/mol. The van der Waals surface area contributed by atoms with Crippen LogP contribution in [0.4, 0.5) is 5.69 Å². The number of amides is 1. The van der Waals surface area contributed by atoms with Crippen LogP contribution in [0.5, 0.6) is 11.5 Å². The lowest BCUT2D eigenvalue weighted by Gasteiger charge is -2.10. The number of hydrogen-bond acceptors (Lipinski definition) is 6. The number of anilines is 1. The maximum atomic E-state index is 12.4. The third-order valence-corrected chi connectivity index (χ3v) is 3.99. The highest BCUT2D eigenvalue weighted by Gasteiger charge is 2.18. The lowest BCUT2D eigenvalue weighted by molar-refractivity contribution is -0.116. The largest absolute Gasteiger partial charge is 0.505 e. The van der Waals surface area contributed by atoms with Gasteiger partial charge in [-0.1, -0.05) is 17.7 Å². The number of para-hydroxylation sites is 1. The zero-order chi connectivity index (χ0) is 20.0. The van der Waals surface area contributed by atoms with Crippen LogP contribution in [0.25, 0.3) is 0 Å². The van der Waals surface area contributed by atoms with Gasteiger partial charge in [0.05, 0.1) is 25.5 Å². The van der Waals surface area contributed by atoms with E-state index in [4.69, 9.17) is 16.3 Å². The van der Waals surface area contributed by atoms with E-state index in [1.165, 1.54) is 38.5 Å². The van der Waals surface area contributed by atoms with Gasteiger partial charge in [0.15, 0.2) is 11.5 Å². The fourth-order valence-electron chi connectivity index (χ4n) is 2.39. The average Bonchev–Trinajstić information content (AvgIpc) is 2.67. The third kappa shape index (κ3) is 4.98. The zero-order valence-electron chi connectivity index (χ0n) is 14.7. The summed E-state index contributed by atoms with van der Waals surface area (Å²) in [5, 5.41) is 12.9. The molecule has 142 valence electrons. The van der Waals surface area contributed by atoms with E-state index in [1.54, 1.807) is 12.1 Å². The minimum atomic E-state index is -0.730. The Morgan fingerprint density at radius 3 is 2.48 bits per heavy atom. The van der Waals surface area contributed by atoms with Gasteiger partial charge in [0.2, 0.25) is 5.91 Å². The molecule has 0 saturated carbocycles. The number of ether oxygens (including phenoxy) is 2. The second-order valence-electron chi connectivity index (χ2n) is 5.51. The maximum absolute atomic E-state index is 12.4. The van der Waals surface area contributed by atoms with E-state index < -0.39 is 17.6 Å². The van der Waals surface area contributed by atoms with Crippen LogP contribution in [-0.4, -0.2) is 37.0 Å². The summed E-state index contributed by atoms with van der Waals surface area (Å²) in [6.45, 7) is 0. The molecule has 1 amide bonds. The quantitative estimate of drug-likeness (QED) is 0.426. The summed E-state index contributed by atoms with van der Waals surface area (Å²) >= 11 is 5.91. The minimum Gasteiger partial charge on any atom is -0.505 e. The van der Waals surface area contributed by atoms with Gasteiger partial charge in [0, 0.05) is 17.9 Å². The van der Waals surface area contributed by atoms with Gasteiger partial charge in [-0.3, -0.25) is 9.59 Å². The Balaban J connectivity index is 2.04. The molecule has 0 saturated heterocycles. The van der Waals surface area contributed by atoms with Gasteiger partial charge in [0.25, 0.3) is 0 Å². The van der Waals surface area contributed by atoms with Crippen LogP contribution in [0.15, 0.2) is 36.4 Å². The fraction of sp³-hybridized carbons (Fsp3) is 0.211. The van der Waals surface area contributed by atoms with Gasteiger partial charge in [-0.2, -0.15) is 0 Å². The number of benzene rings is 2. The van der Waals surface area contributed by atoms with Crippen molar-refractivity contribution < 1.29 is 29.0 Å². The van der Waals surface area contributed by atoms with E-state index in [9.17, 15) is 19.5 Å². The van der Waals surface area contributed by atoms with Crippen molar-refractivity contribution in [1.82, 2.24) is 0 Å². The topological polar surface area (TPSA) is 102 Å². The van der Waals surface area contributed by atoms with Crippen molar-refractivity contribution in [3.8, 4) is 11.5 Å². The molecule has 0 aliphatic rings. The predicted molar refractivity (Wildman–Crippen MR) is 99.6 cm³/mol. The van der Waals surface area contributed by atoms with Crippen LogP contribution in [0, 0.1) is 0 Å². The standard InChI is InChI=1S/C19H18ClNO6/c1-26-16-8-6-11(20)10-13(16)15(22)7-9-17(23)21-14-5-3-4-12(18(14)24)19(25)27-2/h3-6,8,10,24H,7,9H2,1-2H3,(H,21,23). The van der Waals surface area contributed by atoms with Gasteiger partial charge in [0.1, 0.15) is 11.3 Å². The van der Waals surface area contributed by atoms with Gasteiger partial charge in [-0.15, -0.1) is 0 Å². The van der Waals surface area contributed by atoms with Crippen LogP contribution in [0.2, 0.25) is 5.02 Å².